The summed E-state index contributed by atoms with van der Waals surface area (Å²) < 4.78 is 40.7. The average Bonchev–Trinajstić information content (AvgIpc) is 3.67. The molecule has 0 spiro atoms. The van der Waals surface area contributed by atoms with Crippen LogP contribution in [0.25, 0.3) is 0 Å². The van der Waals surface area contributed by atoms with E-state index >= 15 is 0 Å². The van der Waals surface area contributed by atoms with Crippen LogP contribution in [0.3, 0.4) is 0 Å². The van der Waals surface area contributed by atoms with Crippen molar-refractivity contribution in [1.82, 2.24) is 15.1 Å². The molecule has 1 fully saturated rings. The van der Waals surface area contributed by atoms with Crippen molar-refractivity contribution in [3.8, 4) is 40.2 Å². The summed E-state index contributed by atoms with van der Waals surface area (Å²) in [7, 11) is 5.15. The molecule has 1 saturated heterocycles. The first-order valence-corrected chi connectivity index (χ1v) is 21.2. The van der Waals surface area contributed by atoms with Crippen molar-refractivity contribution in [2.24, 2.45) is 0 Å². The van der Waals surface area contributed by atoms with Gasteiger partial charge >= 0.3 is 12.1 Å². The molecule has 4 unspecified atom stereocenters. The zero-order valence-corrected chi connectivity index (χ0v) is 36.7. The van der Waals surface area contributed by atoms with Crippen molar-refractivity contribution in [1.29, 1.82) is 0 Å². The lowest BCUT2D eigenvalue weighted by atomic mass is 9.82. The van der Waals surface area contributed by atoms with Crippen LogP contribution in [0.5, 0.6) is 40.2 Å². The number of esters is 1. The Morgan fingerprint density at radius 1 is 0.983 bits per heavy atom. The van der Waals surface area contributed by atoms with Crippen LogP contribution in [-0.4, -0.2) is 110 Å². The van der Waals surface area contributed by atoms with Gasteiger partial charge in [0.15, 0.2) is 34.5 Å². The van der Waals surface area contributed by atoms with Crippen LogP contribution in [-0.2, 0) is 32.6 Å². The fourth-order valence-electron chi connectivity index (χ4n) is 9.23. The standard InChI is InChI=1S/C44H57N3O11S/c1-22-14-26(23(2)36(49)37(22)53-10)15-27-18-47-29(19-46(27)8)40(59-11)34-33(39-38(55-21-56-39)24(3)35(34)48)30(47)20-54-41(50)44(7)28-17-31(52-9)32(16-25(28)12-13-45-44)57-42(51)58-43(4,5)6/h14,16-17,27,29-30,40,45,48-49H,12-13,15,18-21H2,1-11H3/t27?,29?,30?,40?,44-/m1/s1. The molecule has 0 aliphatic carbocycles. The molecule has 4 aliphatic rings. The third kappa shape index (κ3) is 7.59. The number of phenolic OH excluding ortho intramolecular Hbond substituents is 2. The summed E-state index contributed by atoms with van der Waals surface area (Å²) in [6.45, 7) is 14.4. The number of fused-ring (bicyclic) bond motifs is 5. The van der Waals surface area contributed by atoms with Gasteiger partial charge in [-0.3, -0.25) is 10.2 Å². The number of nitrogens with one attached hydrogen (secondary N) is 1. The minimum Gasteiger partial charge on any atom is -0.507 e. The second-order valence-electron chi connectivity index (χ2n) is 17.1. The van der Waals surface area contributed by atoms with Gasteiger partial charge < -0.3 is 48.3 Å². The van der Waals surface area contributed by atoms with Gasteiger partial charge in [-0.05, 0) is 115 Å². The molecule has 4 aliphatic heterocycles. The first-order valence-electron chi connectivity index (χ1n) is 20.0. The van der Waals surface area contributed by atoms with Crippen LogP contribution < -0.4 is 29.0 Å². The third-order valence-electron chi connectivity index (χ3n) is 12.3. The number of carbonyl (C=O) groups is 2. The zero-order valence-electron chi connectivity index (χ0n) is 35.9. The van der Waals surface area contributed by atoms with Crippen molar-refractivity contribution in [3.63, 3.8) is 0 Å². The van der Waals surface area contributed by atoms with E-state index in [1.54, 1.807) is 58.7 Å². The Morgan fingerprint density at radius 2 is 1.71 bits per heavy atom. The molecule has 320 valence electrons. The van der Waals surface area contributed by atoms with Gasteiger partial charge in [0.2, 0.25) is 6.79 Å². The number of phenols is 2. The highest BCUT2D eigenvalue weighted by molar-refractivity contribution is 7.98. The molecular weight excluding hydrogens is 779 g/mol. The van der Waals surface area contributed by atoms with Crippen molar-refractivity contribution in [2.45, 2.75) is 95.8 Å². The molecule has 0 saturated carbocycles. The molecule has 0 aromatic heterocycles. The molecule has 0 amide bonds. The summed E-state index contributed by atoms with van der Waals surface area (Å²) in [5.41, 5.74) is 4.22. The highest BCUT2D eigenvalue weighted by Gasteiger charge is 2.51. The number of carbonyl (C=O) groups excluding carboxylic acids is 2. The number of thioether (sulfide) groups is 1. The predicted octanol–water partition coefficient (Wildman–Crippen LogP) is 6.37. The van der Waals surface area contributed by atoms with Crippen LogP contribution in [0.15, 0.2) is 18.2 Å². The fraction of sp³-hybridized carbons (Fsp3) is 0.545. The van der Waals surface area contributed by atoms with Gasteiger partial charge in [-0.1, -0.05) is 6.07 Å². The van der Waals surface area contributed by atoms with Gasteiger partial charge in [-0.15, -0.1) is 0 Å². The number of piperazine rings is 1. The maximum Gasteiger partial charge on any atom is 0.514 e. The Bertz CT molecular complexity index is 2160. The topological polar surface area (TPSA) is 158 Å². The first-order chi connectivity index (χ1) is 27.9. The Morgan fingerprint density at radius 3 is 2.39 bits per heavy atom. The summed E-state index contributed by atoms with van der Waals surface area (Å²) in [6.07, 6.45) is 2.42. The van der Waals surface area contributed by atoms with E-state index in [0.29, 0.717) is 60.9 Å². The van der Waals surface area contributed by atoms with Gasteiger partial charge in [0.25, 0.3) is 0 Å². The number of aryl methyl sites for hydroxylation is 1. The molecule has 3 aromatic rings. The molecule has 3 aromatic carbocycles. The summed E-state index contributed by atoms with van der Waals surface area (Å²) in [6, 6.07) is 4.98. The van der Waals surface area contributed by atoms with Gasteiger partial charge in [0, 0.05) is 48.4 Å². The number of aromatic hydroxyl groups is 2. The monoisotopic (exact) mass is 835 g/mol. The lowest BCUT2D eigenvalue weighted by molar-refractivity contribution is -0.155. The smallest absolute Gasteiger partial charge is 0.507 e. The summed E-state index contributed by atoms with van der Waals surface area (Å²) in [4.78, 5) is 32.0. The lowest BCUT2D eigenvalue weighted by Crippen LogP contribution is -2.62. The molecule has 7 rings (SSSR count). The quantitative estimate of drug-likeness (QED) is 0.161. The highest BCUT2D eigenvalue weighted by atomic mass is 32.2. The van der Waals surface area contributed by atoms with E-state index in [1.807, 2.05) is 20.8 Å². The second-order valence-corrected chi connectivity index (χ2v) is 18.1. The van der Waals surface area contributed by atoms with E-state index in [9.17, 15) is 19.8 Å². The van der Waals surface area contributed by atoms with Gasteiger partial charge in [0.1, 0.15) is 23.5 Å². The zero-order chi connectivity index (χ0) is 42.7. The maximum absolute atomic E-state index is 14.6. The van der Waals surface area contributed by atoms with Crippen LogP contribution >= 0.6 is 11.8 Å². The van der Waals surface area contributed by atoms with E-state index in [2.05, 4.69) is 34.5 Å². The van der Waals surface area contributed by atoms with E-state index < -0.39 is 29.3 Å². The van der Waals surface area contributed by atoms with Crippen molar-refractivity contribution in [3.05, 3.63) is 62.7 Å². The van der Waals surface area contributed by atoms with Crippen molar-refractivity contribution in [2.75, 3.05) is 60.6 Å². The normalized spacial score (nSPS) is 23.8. The molecule has 59 heavy (non-hydrogen) atoms. The second kappa shape index (κ2) is 16.1. The van der Waals surface area contributed by atoms with Crippen LogP contribution in [0.1, 0.15) is 83.5 Å². The number of hydrogen-bond acceptors (Lipinski definition) is 15. The molecule has 0 bridgehead atoms. The third-order valence-corrected chi connectivity index (χ3v) is 13.3. The number of nitrogens with zero attached hydrogens (tertiary/aromatic N) is 2. The molecule has 5 atom stereocenters. The molecule has 0 radical (unpaired) electrons. The van der Waals surface area contributed by atoms with Crippen molar-refractivity contribution < 1.29 is 53.0 Å². The minimum absolute atomic E-state index is 0.0110. The van der Waals surface area contributed by atoms with E-state index in [0.717, 1.165) is 33.4 Å². The molecular formula is C44H57N3O11S. The fourth-order valence-corrected chi connectivity index (χ4v) is 10.3. The number of likely N-dealkylation sites (N-methyl/N-ethyl adjacent to an activating group) is 1. The van der Waals surface area contributed by atoms with E-state index in [-0.39, 0.29) is 53.7 Å². The number of rotatable bonds is 9. The SMILES string of the molecule is COc1cc2c(cc1OC(=O)OC(C)(C)C)CCN[C@@]2(C)C(=O)OCC1c2c3c(c(C)c(O)c2C(SC)C2CN(C)C(Cc4cc(C)c(OC)c(O)c4C)CN12)OCO3. The summed E-state index contributed by atoms with van der Waals surface area (Å²) >= 11 is 1.67. The highest BCUT2D eigenvalue weighted by Crippen LogP contribution is 2.58. The van der Waals surface area contributed by atoms with Crippen molar-refractivity contribution >= 4 is 23.9 Å². The number of methoxy groups -OCH3 is 2. The predicted molar refractivity (Wildman–Crippen MR) is 223 cm³/mol. The lowest BCUT2D eigenvalue weighted by Gasteiger charge is -2.54. The number of hydrogen-bond donors (Lipinski definition) is 3. The number of ether oxygens (including phenoxy) is 7. The maximum atomic E-state index is 14.6. The van der Waals surface area contributed by atoms with Crippen LogP contribution in [0.4, 0.5) is 4.79 Å². The van der Waals surface area contributed by atoms with Gasteiger partial charge in [-0.2, -0.15) is 11.8 Å². The van der Waals surface area contributed by atoms with Gasteiger partial charge in [0.05, 0.1) is 25.5 Å². The summed E-state index contributed by atoms with van der Waals surface area (Å²) in [5, 5.41) is 26.2. The first kappa shape index (κ1) is 42.6. The Balaban J connectivity index is 1.24. The van der Waals surface area contributed by atoms with E-state index in [4.69, 9.17) is 33.2 Å². The Labute approximate surface area is 350 Å². The molecule has 4 heterocycles. The van der Waals surface area contributed by atoms with Gasteiger partial charge in [-0.25, -0.2) is 9.59 Å². The largest absolute Gasteiger partial charge is 0.514 e. The minimum atomic E-state index is -1.28. The Hall–Kier alpha value is -4.57. The van der Waals surface area contributed by atoms with Crippen LogP contribution in [0.2, 0.25) is 0 Å². The Kier molecular flexibility index (Phi) is 11.6. The summed E-state index contributed by atoms with van der Waals surface area (Å²) in [5.74, 6) is 1.80. The van der Waals surface area contributed by atoms with Crippen LogP contribution in [0, 0.1) is 20.8 Å². The molecule has 14 nitrogen and oxygen atoms in total. The number of benzene rings is 3. The molecule has 15 heteroatoms. The average molecular weight is 836 g/mol. The van der Waals surface area contributed by atoms with E-state index in [1.165, 1.54) is 7.11 Å². The molecule has 3 N–H and O–H groups in total.